The molecule has 1 unspecified atom stereocenters. The molecule has 6 nitrogen and oxygen atoms in total. The van der Waals surface area contributed by atoms with Crippen molar-refractivity contribution in [1.29, 1.82) is 0 Å². The van der Waals surface area contributed by atoms with Crippen molar-refractivity contribution in [2.45, 2.75) is 4.71 Å². The second-order valence-electron chi connectivity index (χ2n) is 6.11. The first-order chi connectivity index (χ1) is 13.9. The number of nitro groups is 1. The van der Waals surface area contributed by atoms with E-state index in [9.17, 15) is 19.3 Å². The lowest BCUT2D eigenvalue weighted by Crippen LogP contribution is -2.29. The number of carbonyl (C=O) groups is 1. The first-order valence-electron chi connectivity index (χ1n) is 8.42. The van der Waals surface area contributed by atoms with Gasteiger partial charge in [-0.1, -0.05) is 17.8 Å². The van der Waals surface area contributed by atoms with Gasteiger partial charge in [-0.15, -0.1) is 12.6 Å². The second-order valence-corrected chi connectivity index (χ2v) is 8.07. The molecule has 1 fully saturated rings. The summed E-state index contributed by atoms with van der Waals surface area (Å²) in [5.74, 6) is 0.244. The quantitative estimate of drug-likeness (QED) is 0.263. The maximum Gasteiger partial charge on any atom is 0.269 e. The Balaban J connectivity index is 1.57. The third-order valence-electron chi connectivity index (χ3n) is 4.23. The molecule has 0 radical (unpaired) electrons. The third kappa shape index (κ3) is 3.92. The predicted octanol–water partition coefficient (Wildman–Crippen LogP) is 5.33. The highest BCUT2D eigenvalue weighted by molar-refractivity contribution is 8.14. The number of nitro benzene ring substituents is 1. The van der Waals surface area contributed by atoms with Gasteiger partial charge in [0.05, 0.1) is 9.83 Å². The van der Waals surface area contributed by atoms with Crippen LogP contribution in [0.3, 0.4) is 0 Å². The van der Waals surface area contributed by atoms with Crippen LogP contribution in [0.4, 0.5) is 15.8 Å². The summed E-state index contributed by atoms with van der Waals surface area (Å²) in [6.07, 6.45) is 1.60. The summed E-state index contributed by atoms with van der Waals surface area (Å²) in [4.78, 5) is 24.9. The van der Waals surface area contributed by atoms with E-state index in [0.29, 0.717) is 27.7 Å². The van der Waals surface area contributed by atoms with E-state index < -0.39 is 15.4 Å². The number of rotatable bonds is 4. The Hall–Kier alpha value is -3.04. The molecule has 2 heterocycles. The van der Waals surface area contributed by atoms with Crippen molar-refractivity contribution in [3.05, 3.63) is 87.3 Å². The van der Waals surface area contributed by atoms with Crippen LogP contribution in [0.1, 0.15) is 5.76 Å². The van der Waals surface area contributed by atoms with E-state index >= 15 is 0 Å². The molecule has 1 aliphatic rings. The van der Waals surface area contributed by atoms with Crippen LogP contribution in [0, 0.1) is 15.9 Å². The zero-order valence-corrected chi connectivity index (χ0v) is 16.4. The normalized spacial score (nSPS) is 17.9. The number of amides is 1. The lowest BCUT2D eigenvalue weighted by molar-refractivity contribution is -0.384. The van der Waals surface area contributed by atoms with Gasteiger partial charge in [-0.05, 0) is 42.5 Å². The fourth-order valence-electron chi connectivity index (χ4n) is 2.86. The van der Waals surface area contributed by atoms with Crippen LogP contribution >= 0.6 is 24.4 Å². The number of thiol groups is 1. The van der Waals surface area contributed by atoms with Crippen molar-refractivity contribution < 1.29 is 18.5 Å². The molecule has 0 spiro atoms. The maximum absolute atomic E-state index is 13.5. The Labute approximate surface area is 174 Å². The molecule has 1 amide bonds. The summed E-state index contributed by atoms with van der Waals surface area (Å²) in [6.45, 7) is 0. The molecule has 0 saturated carbocycles. The minimum Gasteiger partial charge on any atom is -0.457 e. The first kappa shape index (κ1) is 19.3. The van der Waals surface area contributed by atoms with E-state index in [1.165, 1.54) is 47.0 Å². The number of hydrogen-bond donors (Lipinski definition) is 1. The number of non-ortho nitro benzene ring substituents is 1. The van der Waals surface area contributed by atoms with Crippen LogP contribution in [0.15, 0.2) is 70.0 Å². The van der Waals surface area contributed by atoms with Gasteiger partial charge in [0.25, 0.3) is 11.6 Å². The number of halogens is 1. The van der Waals surface area contributed by atoms with Gasteiger partial charge in [-0.25, -0.2) is 4.39 Å². The molecule has 0 N–H and O–H groups in total. The zero-order valence-electron chi connectivity index (χ0n) is 14.7. The van der Waals surface area contributed by atoms with Gasteiger partial charge in [0, 0.05) is 29.5 Å². The summed E-state index contributed by atoms with van der Waals surface area (Å²) in [5.41, 5.74) is 1.10. The summed E-state index contributed by atoms with van der Waals surface area (Å²) in [7, 11) is 0. The number of benzene rings is 2. The summed E-state index contributed by atoms with van der Waals surface area (Å²) in [6, 6.07) is 15.2. The van der Waals surface area contributed by atoms with E-state index in [4.69, 9.17) is 4.42 Å². The van der Waals surface area contributed by atoms with E-state index in [1.54, 1.807) is 36.4 Å². The van der Waals surface area contributed by atoms with Gasteiger partial charge < -0.3 is 4.42 Å². The minimum atomic E-state index is -0.486. The molecule has 0 aliphatic carbocycles. The van der Waals surface area contributed by atoms with Crippen molar-refractivity contribution in [2.75, 3.05) is 4.90 Å². The summed E-state index contributed by atoms with van der Waals surface area (Å²) in [5, 5.41) is 10.8. The fourth-order valence-corrected chi connectivity index (χ4v) is 4.38. The SMILES string of the molecule is O=C1/C(=C/c2ccc(-c3ccc([N+](=O)[O-])cc3)o2)SC(S)N1c1cccc(F)c1. The van der Waals surface area contributed by atoms with Crippen LogP contribution in [-0.2, 0) is 4.79 Å². The van der Waals surface area contributed by atoms with Crippen LogP contribution in [0.25, 0.3) is 17.4 Å². The van der Waals surface area contributed by atoms with Crippen molar-refractivity contribution in [3.63, 3.8) is 0 Å². The number of furan rings is 1. The molecule has 9 heteroatoms. The Morgan fingerprint density at radius 1 is 1.17 bits per heavy atom. The minimum absolute atomic E-state index is 0.00661. The number of thioether (sulfide) groups is 1. The number of anilines is 1. The van der Waals surface area contributed by atoms with Gasteiger partial charge in [-0.2, -0.15) is 0 Å². The Morgan fingerprint density at radius 3 is 2.62 bits per heavy atom. The molecule has 1 aliphatic heterocycles. The van der Waals surface area contributed by atoms with Gasteiger partial charge in [-0.3, -0.25) is 19.8 Å². The Morgan fingerprint density at radius 2 is 1.93 bits per heavy atom. The van der Waals surface area contributed by atoms with Gasteiger partial charge >= 0.3 is 0 Å². The van der Waals surface area contributed by atoms with Crippen LogP contribution < -0.4 is 4.90 Å². The molecule has 4 rings (SSSR count). The fraction of sp³-hybridized carbons (Fsp3) is 0.0500. The Kier molecular flexibility index (Phi) is 5.16. The predicted molar refractivity (Wildman–Crippen MR) is 113 cm³/mol. The van der Waals surface area contributed by atoms with Crippen molar-refractivity contribution in [3.8, 4) is 11.3 Å². The highest BCUT2D eigenvalue weighted by Gasteiger charge is 2.35. The van der Waals surface area contributed by atoms with E-state index in [2.05, 4.69) is 12.6 Å². The third-order valence-corrected chi connectivity index (χ3v) is 5.75. The number of carbonyl (C=O) groups excluding carboxylic acids is 1. The average molecular weight is 428 g/mol. The molecule has 1 atom stereocenters. The van der Waals surface area contributed by atoms with Gasteiger partial charge in [0.1, 0.15) is 22.0 Å². The lowest BCUT2D eigenvalue weighted by atomic mass is 10.1. The molecule has 1 aromatic heterocycles. The van der Waals surface area contributed by atoms with Crippen LogP contribution in [0.2, 0.25) is 0 Å². The number of hydrogen-bond acceptors (Lipinski definition) is 6. The van der Waals surface area contributed by atoms with Crippen molar-refractivity contribution >= 4 is 47.7 Å². The highest BCUT2D eigenvalue weighted by Crippen LogP contribution is 2.41. The molecule has 29 heavy (non-hydrogen) atoms. The topological polar surface area (TPSA) is 76.6 Å². The number of nitrogens with zero attached hydrogens (tertiary/aromatic N) is 2. The molecular formula is C20H13FN2O4S2. The van der Waals surface area contributed by atoms with E-state index in [-0.39, 0.29) is 11.6 Å². The van der Waals surface area contributed by atoms with E-state index in [1.807, 2.05) is 0 Å². The average Bonchev–Trinajstić information content (AvgIpc) is 3.26. The molecular weight excluding hydrogens is 415 g/mol. The van der Waals surface area contributed by atoms with E-state index in [0.717, 1.165) is 0 Å². The molecule has 146 valence electrons. The molecule has 3 aromatic rings. The zero-order chi connectivity index (χ0) is 20.5. The van der Waals surface area contributed by atoms with Crippen LogP contribution in [-0.4, -0.2) is 15.5 Å². The summed E-state index contributed by atoms with van der Waals surface area (Å²) < 4.78 is 18.8. The largest absolute Gasteiger partial charge is 0.457 e. The molecule has 2 aromatic carbocycles. The van der Waals surface area contributed by atoms with Crippen LogP contribution in [0.5, 0.6) is 0 Å². The van der Waals surface area contributed by atoms with Crippen molar-refractivity contribution in [1.82, 2.24) is 0 Å². The van der Waals surface area contributed by atoms with Crippen molar-refractivity contribution in [2.24, 2.45) is 0 Å². The highest BCUT2D eigenvalue weighted by atomic mass is 32.2. The maximum atomic E-state index is 13.5. The monoisotopic (exact) mass is 428 g/mol. The van der Waals surface area contributed by atoms with Gasteiger partial charge in [0.15, 0.2) is 0 Å². The second kappa shape index (κ2) is 7.76. The summed E-state index contributed by atoms with van der Waals surface area (Å²) >= 11 is 5.66. The smallest absolute Gasteiger partial charge is 0.269 e. The lowest BCUT2D eigenvalue weighted by Gasteiger charge is -2.19. The molecule has 0 bridgehead atoms. The first-order valence-corrected chi connectivity index (χ1v) is 9.82. The molecule has 1 saturated heterocycles. The Bertz CT molecular complexity index is 1130. The van der Waals surface area contributed by atoms with Gasteiger partial charge in [0.2, 0.25) is 0 Å². The standard InChI is InChI=1S/C20H13FN2O4S2/c21-13-2-1-3-15(10-13)22-19(24)18(29-20(22)28)11-16-8-9-17(27-16)12-4-6-14(7-5-12)23(25)26/h1-11,20,28H/b18-11-.